The Kier molecular flexibility index (Phi) is 8.39. The van der Waals surface area contributed by atoms with Crippen LogP contribution in [-0.4, -0.2) is 44.3 Å². The minimum absolute atomic E-state index is 0.560. The van der Waals surface area contributed by atoms with Crippen LogP contribution in [0.25, 0.3) is 98.6 Å². The van der Waals surface area contributed by atoms with Crippen LogP contribution in [0.1, 0.15) is 6.17 Å². The van der Waals surface area contributed by atoms with Crippen LogP contribution in [0.3, 0.4) is 0 Å². The molecule has 1 unspecified atom stereocenters. The minimum Gasteiger partial charge on any atom is -0.386 e. The molecule has 0 saturated heterocycles. The molecule has 0 fully saturated rings. The average molecular weight is 819 g/mol. The lowest BCUT2D eigenvalue weighted by molar-refractivity contribution is 0.316. The lowest BCUT2D eigenvalue weighted by Crippen LogP contribution is -2.37. The third-order valence-electron chi connectivity index (χ3n) is 13.2. The summed E-state index contributed by atoms with van der Waals surface area (Å²) in [5, 5.41) is 16.8. The largest absolute Gasteiger partial charge is 0.386 e. The molecule has 8 nitrogen and oxygen atoms in total. The molecule has 0 aliphatic rings. The van der Waals surface area contributed by atoms with E-state index in [1.165, 1.54) is 65.2 Å². The van der Waals surface area contributed by atoms with Gasteiger partial charge in [0.1, 0.15) is 12.0 Å². The van der Waals surface area contributed by atoms with Crippen molar-refractivity contribution in [2.75, 3.05) is 21.1 Å². The normalized spacial score (nSPS) is 13.0. The summed E-state index contributed by atoms with van der Waals surface area (Å²) < 4.78 is 9.59. The van der Waals surface area contributed by atoms with Crippen molar-refractivity contribution in [2.45, 2.75) is 12.8 Å². The number of hydrogen-bond acceptors (Lipinski definition) is 4. The van der Waals surface area contributed by atoms with Gasteiger partial charge >= 0.3 is 0 Å². The van der Waals surface area contributed by atoms with E-state index in [1.54, 1.807) is 0 Å². The van der Waals surface area contributed by atoms with Gasteiger partial charge in [0.25, 0.3) is 0 Å². The van der Waals surface area contributed by atoms with Crippen LogP contribution in [-0.2, 0) is 6.67 Å². The van der Waals surface area contributed by atoms with Gasteiger partial charge in [-0.05, 0) is 60.7 Å². The Hall–Kier alpha value is -7.94. The number of hydrogen-bond donors (Lipinski definition) is 3. The van der Waals surface area contributed by atoms with E-state index < -0.39 is 6.17 Å². The van der Waals surface area contributed by atoms with Gasteiger partial charge in [-0.1, -0.05) is 121 Å². The molecule has 0 spiro atoms. The molecule has 8 heteroatoms. The number of benzene rings is 8. The van der Waals surface area contributed by atoms with E-state index in [-0.39, 0.29) is 0 Å². The Morgan fingerprint density at radius 2 is 0.905 bits per heavy atom. The SMILES string of the molecule is CN/C(=C(/NC)N(C)Cn1c2ccccc2c2ccc3c(c4ccccc4n3-c3ccccc3)c21)C(N)n1c2ccccc2c2ccc3c(c4ccccc4n3-c3ccccc3)c21. The zero-order valence-electron chi connectivity index (χ0n) is 35.4. The van der Waals surface area contributed by atoms with E-state index in [0.29, 0.717) is 6.67 Å². The summed E-state index contributed by atoms with van der Waals surface area (Å²) in [5.74, 6) is 0.902. The molecule has 0 radical (unpaired) electrons. The number of likely N-dealkylation sites (N-methyl/N-ethyl adjacent to an activating group) is 1. The Morgan fingerprint density at radius 1 is 0.460 bits per heavy atom. The molecule has 0 bridgehead atoms. The number of nitrogens with zero attached hydrogens (tertiary/aromatic N) is 5. The highest BCUT2D eigenvalue weighted by Gasteiger charge is 2.27. The molecule has 4 N–H and O–H groups in total. The minimum atomic E-state index is -0.583. The first-order chi connectivity index (χ1) is 31.1. The molecular formula is C55H46N8. The number of aromatic nitrogens is 4. The van der Waals surface area contributed by atoms with E-state index in [1.807, 2.05) is 14.1 Å². The van der Waals surface area contributed by atoms with Crippen molar-refractivity contribution in [3.63, 3.8) is 0 Å². The standard InChI is InChI=1S/C55H46N8/c1-57-51(54(56)63-44-27-15-11-23-38(44)40-31-33-48-50(53(40)63)42-25-13-17-29-46(42)62(48)36-20-8-5-9-21-36)55(58-2)59(3)34-60-43-26-14-10-22-37(43)39-30-32-47-49(52(39)60)41-24-12-16-28-45(41)61(47)35-18-6-4-7-19-35/h4-33,54,57-58H,34,56H2,1-3H3/b55-51-. The molecule has 4 heterocycles. The Bertz CT molecular complexity index is 3770. The van der Waals surface area contributed by atoms with Gasteiger partial charge in [-0.2, -0.15) is 0 Å². The second kappa shape index (κ2) is 14.3. The van der Waals surface area contributed by atoms with Gasteiger partial charge in [0.2, 0.25) is 0 Å². The predicted octanol–water partition coefficient (Wildman–Crippen LogP) is 11.8. The monoisotopic (exact) mass is 818 g/mol. The third kappa shape index (κ3) is 5.31. The summed E-state index contributed by atoms with van der Waals surface area (Å²) in [6.45, 7) is 0.560. The van der Waals surface area contributed by atoms with Gasteiger partial charge in [0.15, 0.2) is 0 Å². The summed E-state index contributed by atoms with van der Waals surface area (Å²) in [4.78, 5) is 2.29. The molecule has 0 saturated carbocycles. The Morgan fingerprint density at radius 3 is 1.44 bits per heavy atom. The van der Waals surface area contributed by atoms with Crippen LogP contribution >= 0.6 is 0 Å². The Balaban J connectivity index is 1.07. The first kappa shape index (κ1) is 36.9. The van der Waals surface area contributed by atoms with Crippen LogP contribution in [0, 0.1) is 0 Å². The van der Waals surface area contributed by atoms with Gasteiger partial charge in [-0.3, -0.25) is 0 Å². The molecule has 0 amide bonds. The smallest absolute Gasteiger partial charge is 0.126 e. The van der Waals surface area contributed by atoms with Gasteiger partial charge in [0, 0.05) is 75.6 Å². The summed E-state index contributed by atoms with van der Waals surface area (Å²) in [5.41, 5.74) is 20.1. The van der Waals surface area contributed by atoms with E-state index in [9.17, 15) is 0 Å². The van der Waals surface area contributed by atoms with Crippen molar-refractivity contribution in [3.8, 4) is 11.4 Å². The maximum absolute atomic E-state index is 7.70. The highest BCUT2D eigenvalue weighted by atomic mass is 15.3. The molecule has 1 atom stereocenters. The van der Waals surface area contributed by atoms with Crippen LogP contribution in [0.15, 0.2) is 194 Å². The fourth-order valence-corrected chi connectivity index (χ4v) is 10.6. The molecule has 8 aromatic carbocycles. The number of nitrogens with one attached hydrogen (secondary N) is 2. The van der Waals surface area contributed by atoms with Crippen molar-refractivity contribution in [3.05, 3.63) is 194 Å². The van der Waals surface area contributed by atoms with Gasteiger partial charge in [-0.25, -0.2) is 0 Å². The fourth-order valence-electron chi connectivity index (χ4n) is 10.6. The highest BCUT2D eigenvalue weighted by molar-refractivity contribution is 6.27. The van der Waals surface area contributed by atoms with Gasteiger partial charge < -0.3 is 39.5 Å². The molecule has 0 aliphatic heterocycles. The molecule has 306 valence electrons. The van der Waals surface area contributed by atoms with Crippen molar-refractivity contribution >= 4 is 87.2 Å². The first-order valence-corrected chi connectivity index (χ1v) is 21.6. The van der Waals surface area contributed by atoms with E-state index in [4.69, 9.17) is 5.73 Å². The average Bonchev–Trinajstić information content (AvgIpc) is 4.06. The van der Waals surface area contributed by atoms with Crippen LogP contribution in [0.4, 0.5) is 0 Å². The van der Waals surface area contributed by atoms with Crippen molar-refractivity contribution in [1.29, 1.82) is 0 Å². The summed E-state index contributed by atoms with van der Waals surface area (Å²) in [7, 11) is 6.13. The number of para-hydroxylation sites is 6. The summed E-state index contributed by atoms with van der Waals surface area (Å²) in [6, 6.07) is 65.4. The van der Waals surface area contributed by atoms with Gasteiger partial charge in [-0.15, -0.1) is 0 Å². The highest BCUT2D eigenvalue weighted by Crippen LogP contribution is 2.43. The summed E-state index contributed by atoms with van der Waals surface area (Å²) in [6.07, 6.45) is -0.583. The number of nitrogens with two attached hydrogens (primary N) is 1. The van der Waals surface area contributed by atoms with Crippen LogP contribution < -0.4 is 16.4 Å². The van der Waals surface area contributed by atoms with E-state index in [0.717, 1.165) is 45.0 Å². The maximum atomic E-state index is 7.70. The fraction of sp³-hybridized carbons (Fsp3) is 0.0909. The second-order valence-corrected chi connectivity index (χ2v) is 16.5. The molecule has 63 heavy (non-hydrogen) atoms. The molecule has 4 aromatic heterocycles. The first-order valence-electron chi connectivity index (χ1n) is 21.6. The second-order valence-electron chi connectivity index (χ2n) is 16.5. The van der Waals surface area contributed by atoms with Crippen molar-refractivity contribution < 1.29 is 0 Å². The zero-order chi connectivity index (χ0) is 42.3. The van der Waals surface area contributed by atoms with Crippen LogP contribution in [0.2, 0.25) is 0 Å². The van der Waals surface area contributed by atoms with E-state index >= 15 is 0 Å². The zero-order valence-corrected chi connectivity index (χ0v) is 35.4. The maximum Gasteiger partial charge on any atom is 0.126 e. The molecule has 12 rings (SSSR count). The predicted molar refractivity (Wildman–Crippen MR) is 264 cm³/mol. The molecule has 0 aliphatic carbocycles. The Labute approximate surface area is 364 Å². The number of rotatable bonds is 9. The van der Waals surface area contributed by atoms with Crippen molar-refractivity contribution in [2.24, 2.45) is 5.73 Å². The van der Waals surface area contributed by atoms with Gasteiger partial charge in [0.05, 0.1) is 56.5 Å². The number of fused-ring (bicyclic) bond motifs is 14. The lowest BCUT2D eigenvalue weighted by atomic mass is 10.1. The van der Waals surface area contributed by atoms with Crippen LogP contribution in [0.5, 0.6) is 0 Å². The topological polar surface area (TPSA) is 73.0 Å². The molecular weight excluding hydrogens is 773 g/mol. The molecule has 12 aromatic rings. The van der Waals surface area contributed by atoms with E-state index in [2.05, 4.69) is 223 Å². The quantitative estimate of drug-likeness (QED) is 0.136. The lowest BCUT2D eigenvalue weighted by Gasteiger charge is -2.30. The van der Waals surface area contributed by atoms with Crippen molar-refractivity contribution in [1.82, 2.24) is 33.8 Å². The third-order valence-corrected chi connectivity index (χ3v) is 13.2. The summed E-state index contributed by atoms with van der Waals surface area (Å²) >= 11 is 0.